The highest BCUT2D eigenvalue weighted by molar-refractivity contribution is 5.74. The standard InChI is InChI=1S/C17H21N7O4/c1-22-4-6-23(7-5-22)21-17-15(24(25)26)16(18-11-19-17)20-12-2-3-13-14(10-12)28-9-8-27-13/h2-3,10-11H,4-9H2,1H3,(H2,18,19,20,21). The Balaban J connectivity index is 1.57. The average molecular weight is 387 g/mol. The number of fused-ring (bicyclic) bond motifs is 1. The number of nitrogens with zero attached hydrogens (tertiary/aromatic N) is 5. The minimum absolute atomic E-state index is 0.105. The molecule has 0 aliphatic carbocycles. The van der Waals surface area contributed by atoms with Crippen LogP contribution in [-0.2, 0) is 0 Å². The monoisotopic (exact) mass is 387 g/mol. The highest BCUT2D eigenvalue weighted by Crippen LogP contribution is 2.36. The largest absolute Gasteiger partial charge is 0.486 e. The summed E-state index contributed by atoms with van der Waals surface area (Å²) in [5.41, 5.74) is 3.45. The van der Waals surface area contributed by atoms with Crippen molar-refractivity contribution in [2.75, 3.05) is 57.2 Å². The van der Waals surface area contributed by atoms with E-state index < -0.39 is 4.92 Å². The Hall–Kier alpha value is -3.18. The molecule has 1 saturated heterocycles. The number of likely N-dealkylation sites (N-methyl/N-ethyl adjacent to an activating group) is 1. The maximum atomic E-state index is 11.7. The van der Waals surface area contributed by atoms with E-state index >= 15 is 0 Å². The number of benzene rings is 1. The third-order valence-corrected chi connectivity index (χ3v) is 4.58. The second kappa shape index (κ2) is 7.82. The van der Waals surface area contributed by atoms with Gasteiger partial charge in [0.15, 0.2) is 11.5 Å². The molecule has 0 unspecified atom stereocenters. The molecule has 148 valence electrons. The second-order valence-corrected chi connectivity index (χ2v) is 6.56. The fraction of sp³-hybridized carbons (Fsp3) is 0.412. The van der Waals surface area contributed by atoms with Crippen molar-refractivity contribution in [2.24, 2.45) is 0 Å². The molecule has 0 spiro atoms. The Morgan fingerprint density at radius 1 is 1.07 bits per heavy atom. The van der Waals surface area contributed by atoms with E-state index in [0.717, 1.165) is 26.2 Å². The number of hydrazine groups is 1. The smallest absolute Gasteiger partial charge is 0.354 e. The summed E-state index contributed by atoms with van der Waals surface area (Å²) in [4.78, 5) is 21.6. The molecular formula is C17H21N7O4. The van der Waals surface area contributed by atoms with Crippen LogP contribution >= 0.6 is 0 Å². The SMILES string of the molecule is CN1CCN(Nc2ncnc(Nc3ccc4c(c3)OCCO4)c2[N+](=O)[O-])CC1. The van der Waals surface area contributed by atoms with Crippen LogP contribution in [0.15, 0.2) is 24.5 Å². The van der Waals surface area contributed by atoms with Crippen molar-refractivity contribution in [2.45, 2.75) is 0 Å². The van der Waals surface area contributed by atoms with Gasteiger partial charge in [-0.05, 0) is 19.2 Å². The summed E-state index contributed by atoms with van der Waals surface area (Å²) in [6.45, 7) is 4.18. The van der Waals surface area contributed by atoms with Gasteiger partial charge in [0.1, 0.15) is 19.5 Å². The summed E-state index contributed by atoms with van der Waals surface area (Å²) >= 11 is 0. The number of ether oxygens (including phenoxy) is 2. The summed E-state index contributed by atoms with van der Waals surface area (Å²) in [7, 11) is 2.04. The zero-order valence-corrected chi connectivity index (χ0v) is 15.4. The van der Waals surface area contributed by atoms with Gasteiger partial charge >= 0.3 is 5.69 Å². The van der Waals surface area contributed by atoms with Crippen LogP contribution in [0.3, 0.4) is 0 Å². The number of hydrogen-bond donors (Lipinski definition) is 2. The molecule has 0 saturated carbocycles. The zero-order chi connectivity index (χ0) is 19.5. The molecule has 11 heteroatoms. The van der Waals surface area contributed by atoms with Crippen molar-refractivity contribution in [3.8, 4) is 11.5 Å². The Morgan fingerprint density at radius 3 is 2.54 bits per heavy atom. The van der Waals surface area contributed by atoms with E-state index in [0.29, 0.717) is 30.4 Å². The van der Waals surface area contributed by atoms with Gasteiger partial charge in [0.2, 0.25) is 11.6 Å². The highest BCUT2D eigenvalue weighted by Gasteiger charge is 2.26. The molecule has 1 fully saturated rings. The van der Waals surface area contributed by atoms with Crippen molar-refractivity contribution in [3.63, 3.8) is 0 Å². The number of nitro groups is 1. The number of rotatable bonds is 5. The lowest BCUT2D eigenvalue weighted by Crippen LogP contribution is -2.47. The number of anilines is 3. The first-order chi connectivity index (χ1) is 13.6. The summed E-state index contributed by atoms with van der Waals surface area (Å²) in [6.07, 6.45) is 1.30. The van der Waals surface area contributed by atoms with E-state index in [1.54, 1.807) is 18.2 Å². The number of nitrogens with one attached hydrogen (secondary N) is 2. The normalized spacial score (nSPS) is 17.2. The molecule has 4 rings (SSSR count). The third-order valence-electron chi connectivity index (χ3n) is 4.58. The van der Waals surface area contributed by atoms with Crippen LogP contribution < -0.4 is 20.2 Å². The predicted molar refractivity (Wildman–Crippen MR) is 102 cm³/mol. The fourth-order valence-corrected chi connectivity index (χ4v) is 3.05. The Bertz CT molecular complexity index is 871. The lowest BCUT2D eigenvalue weighted by molar-refractivity contribution is -0.383. The van der Waals surface area contributed by atoms with E-state index in [4.69, 9.17) is 9.47 Å². The van der Waals surface area contributed by atoms with Gasteiger partial charge in [-0.15, -0.1) is 0 Å². The highest BCUT2D eigenvalue weighted by atomic mass is 16.6. The molecule has 0 atom stereocenters. The van der Waals surface area contributed by atoms with Gasteiger partial charge in [0.25, 0.3) is 0 Å². The lowest BCUT2D eigenvalue weighted by atomic mass is 10.2. The van der Waals surface area contributed by atoms with Crippen LogP contribution in [0.25, 0.3) is 0 Å². The van der Waals surface area contributed by atoms with Crippen molar-refractivity contribution in [1.29, 1.82) is 0 Å². The van der Waals surface area contributed by atoms with E-state index in [1.807, 2.05) is 12.1 Å². The number of hydrogen-bond acceptors (Lipinski definition) is 10. The Kier molecular flexibility index (Phi) is 5.08. The molecule has 2 aromatic rings. The number of piperazine rings is 1. The molecule has 28 heavy (non-hydrogen) atoms. The molecule has 11 nitrogen and oxygen atoms in total. The third kappa shape index (κ3) is 3.89. The molecule has 2 aliphatic rings. The molecule has 3 heterocycles. The van der Waals surface area contributed by atoms with E-state index in [2.05, 4.69) is 25.6 Å². The molecule has 0 bridgehead atoms. The Morgan fingerprint density at radius 2 is 1.79 bits per heavy atom. The maximum Gasteiger partial charge on any atom is 0.354 e. The van der Waals surface area contributed by atoms with Gasteiger partial charge in [0, 0.05) is 37.9 Å². The van der Waals surface area contributed by atoms with E-state index in [1.165, 1.54) is 6.33 Å². The van der Waals surface area contributed by atoms with Crippen LogP contribution in [-0.4, -0.2) is 71.2 Å². The summed E-state index contributed by atoms with van der Waals surface area (Å²) in [5, 5.41) is 16.6. The maximum absolute atomic E-state index is 11.7. The topological polar surface area (TPSA) is 118 Å². The van der Waals surface area contributed by atoms with Crippen LogP contribution in [0.5, 0.6) is 11.5 Å². The van der Waals surface area contributed by atoms with Crippen LogP contribution in [0.1, 0.15) is 0 Å². The lowest BCUT2D eigenvalue weighted by Gasteiger charge is -2.32. The summed E-state index contributed by atoms with van der Waals surface area (Å²) < 4.78 is 11.1. The van der Waals surface area contributed by atoms with Crippen LogP contribution in [0.2, 0.25) is 0 Å². The van der Waals surface area contributed by atoms with Gasteiger partial charge in [-0.25, -0.2) is 15.0 Å². The first-order valence-corrected chi connectivity index (χ1v) is 8.96. The minimum Gasteiger partial charge on any atom is -0.486 e. The Labute approximate surface area is 161 Å². The van der Waals surface area contributed by atoms with Crippen LogP contribution in [0.4, 0.5) is 23.0 Å². The van der Waals surface area contributed by atoms with Crippen molar-refractivity contribution in [3.05, 3.63) is 34.6 Å². The van der Waals surface area contributed by atoms with Crippen molar-refractivity contribution >= 4 is 23.0 Å². The minimum atomic E-state index is -0.487. The zero-order valence-electron chi connectivity index (χ0n) is 15.4. The predicted octanol–water partition coefficient (Wildman–Crippen LogP) is 1.47. The van der Waals surface area contributed by atoms with E-state index in [-0.39, 0.29) is 17.3 Å². The van der Waals surface area contributed by atoms with Crippen molar-refractivity contribution < 1.29 is 14.4 Å². The first kappa shape index (κ1) is 18.2. The summed E-state index contributed by atoms with van der Waals surface area (Å²) in [5.74, 6) is 1.49. The molecule has 1 aromatic carbocycles. The van der Waals surface area contributed by atoms with Gasteiger partial charge < -0.3 is 19.7 Å². The number of aromatic nitrogens is 2. The van der Waals surface area contributed by atoms with Crippen molar-refractivity contribution in [1.82, 2.24) is 19.9 Å². The van der Waals surface area contributed by atoms with Gasteiger partial charge in [-0.2, -0.15) is 0 Å². The van der Waals surface area contributed by atoms with Gasteiger partial charge in [-0.1, -0.05) is 0 Å². The van der Waals surface area contributed by atoms with Crippen LogP contribution in [0, 0.1) is 10.1 Å². The molecule has 1 aromatic heterocycles. The van der Waals surface area contributed by atoms with E-state index in [9.17, 15) is 10.1 Å². The summed E-state index contributed by atoms with van der Waals surface area (Å²) in [6, 6.07) is 5.24. The second-order valence-electron chi connectivity index (χ2n) is 6.56. The molecule has 0 radical (unpaired) electrons. The molecule has 2 N–H and O–H groups in total. The van der Waals surface area contributed by atoms with Gasteiger partial charge in [-0.3, -0.25) is 15.5 Å². The quantitative estimate of drug-likeness (QED) is 0.577. The fourth-order valence-electron chi connectivity index (χ4n) is 3.05. The van der Waals surface area contributed by atoms with Gasteiger partial charge in [0.05, 0.1) is 4.92 Å². The molecule has 2 aliphatic heterocycles. The molecular weight excluding hydrogens is 366 g/mol. The average Bonchev–Trinajstić information content (AvgIpc) is 2.69. The first-order valence-electron chi connectivity index (χ1n) is 8.96. The molecule has 0 amide bonds.